The van der Waals surface area contributed by atoms with Gasteiger partial charge in [-0.15, -0.1) is 0 Å². The highest BCUT2D eigenvalue weighted by Crippen LogP contribution is 2.33. The summed E-state index contributed by atoms with van der Waals surface area (Å²) in [5.41, 5.74) is 1.51. The van der Waals surface area contributed by atoms with E-state index in [0.29, 0.717) is 55.3 Å². The molecule has 0 unspecified atom stereocenters. The second-order valence-electron chi connectivity index (χ2n) is 10.4. The number of piperidine rings is 1. The van der Waals surface area contributed by atoms with Gasteiger partial charge in [0.05, 0.1) is 29.5 Å². The van der Waals surface area contributed by atoms with Crippen LogP contribution in [0.15, 0.2) is 30.7 Å². The molecule has 11 nitrogen and oxygen atoms in total. The number of anilines is 1. The highest BCUT2D eigenvalue weighted by Gasteiger charge is 2.37. The Morgan fingerprint density at radius 2 is 1.87 bits per heavy atom. The van der Waals surface area contributed by atoms with Gasteiger partial charge in [0.2, 0.25) is 0 Å². The lowest BCUT2D eigenvalue weighted by atomic mass is 9.80. The molecule has 11 heteroatoms. The van der Waals surface area contributed by atoms with Gasteiger partial charge in [0, 0.05) is 43.8 Å². The number of amides is 1. The fraction of sp³-hybridized carbons (Fsp3) is 0.481. The number of fused-ring (bicyclic) bond motifs is 1. The number of likely N-dealkylation sites (tertiary alicyclic amines) is 1. The van der Waals surface area contributed by atoms with Crippen molar-refractivity contribution < 1.29 is 19.1 Å². The van der Waals surface area contributed by atoms with E-state index >= 15 is 0 Å². The predicted octanol–water partition coefficient (Wildman–Crippen LogP) is 4.23. The van der Waals surface area contributed by atoms with Gasteiger partial charge in [0.1, 0.15) is 5.60 Å². The van der Waals surface area contributed by atoms with Crippen molar-refractivity contribution in [2.45, 2.75) is 53.1 Å². The van der Waals surface area contributed by atoms with Crippen molar-refractivity contribution in [2.24, 2.45) is 5.41 Å². The number of pyridine rings is 1. The smallest absolute Gasteiger partial charge is 0.410 e. The summed E-state index contributed by atoms with van der Waals surface area (Å²) in [4.78, 5) is 40.1. The number of aromatic nitrogens is 4. The van der Waals surface area contributed by atoms with Crippen LogP contribution in [0.4, 0.5) is 10.6 Å². The summed E-state index contributed by atoms with van der Waals surface area (Å²) in [5.74, 6) is -0.0599. The van der Waals surface area contributed by atoms with E-state index in [1.165, 1.54) is 0 Å². The molecule has 3 aromatic heterocycles. The Morgan fingerprint density at radius 3 is 2.47 bits per heavy atom. The Labute approximate surface area is 221 Å². The molecule has 1 aliphatic rings. The van der Waals surface area contributed by atoms with E-state index in [4.69, 9.17) is 14.5 Å². The zero-order valence-electron chi connectivity index (χ0n) is 22.4. The number of aryl methyl sites for hydroxylation is 1. The average molecular weight is 520 g/mol. The lowest BCUT2D eigenvalue weighted by Gasteiger charge is -2.37. The number of imidazole rings is 1. The second-order valence-corrected chi connectivity index (χ2v) is 10.4. The molecule has 0 bridgehead atoms. The summed E-state index contributed by atoms with van der Waals surface area (Å²) in [7, 11) is 0. The molecule has 1 N–H and O–H groups in total. The van der Waals surface area contributed by atoms with Crippen LogP contribution in [0.25, 0.3) is 16.9 Å². The zero-order valence-corrected chi connectivity index (χ0v) is 22.4. The molecule has 3 aromatic rings. The van der Waals surface area contributed by atoms with Gasteiger partial charge in [0.15, 0.2) is 17.2 Å². The molecule has 0 radical (unpaired) electrons. The molecule has 0 atom stereocenters. The summed E-state index contributed by atoms with van der Waals surface area (Å²) in [6.07, 6.45) is 5.78. The van der Waals surface area contributed by atoms with Crippen molar-refractivity contribution >= 4 is 23.5 Å². The first-order chi connectivity index (χ1) is 18.1. The molecule has 200 valence electrons. The van der Waals surface area contributed by atoms with Crippen LogP contribution in [-0.2, 0) is 9.47 Å². The summed E-state index contributed by atoms with van der Waals surface area (Å²) in [6, 6.07) is 6.16. The molecular weight excluding hydrogens is 486 g/mol. The number of carbonyl (C=O) groups excluding carboxylic acids is 2. The highest BCUT2D eigenvalue weighted by molar-refractivity contribution is 5.90. The van der Waals surface area contributed by atoms with Gasteiger partial charge in [-0.2, -0.15) is 5.26 Å². The van der Waals surface area contributed by atoms with Crippen LogP contribution in [-0.4, -0.2) is 68.2 Å². The topological polar surface area (TPSA) is 135 Å². The number of hydrogen-bond donors (Lipinski definition) is 1. The minimum atomic E-state index is -0.713. The van der Waals surface area contributed by atoms with Gasteiger partial charge in [-0.1, -0.05) is 0 Å². The van der Waals surface area contributed by atoms with E-state index in [1.807, 2.05) is 43.5 Å². The lowest BCUT2D eigenvalue weighted by molar-refractivity contribution is 0.0155. The van der Waals surface area contributed by atoms with Crippen LogP contribution in [0.3, 0.4) is 0 Å². The fourth-order valence-electron chi connectivity index (χ4n) is 4.36. The van der Waals surface area contributed by atoms with Crippen LogP contribution < -0.4 is 5.32 Å². The first kappa shape index (κ1) is 26.9. The first-order valence-corrected chi connectivity index (χ1v) is 12.7. The van der Waals surface area contributed by atoms with Crippen molar-refractivity contribution in [1.82, 2.24) is 24.3 Å². The average Bonchev–Trinajstić information content (AvgIpc) is 3.23. The number of nitrogens with one attached hydrogen (secondary N) is 1. The molecule has 38 heavy (non-hydrogen) atoms. The highest BCUT2D eigenvalue weighted by atomic mass is 16.6. The Hall–Kier alpha value is -4.20. The molecule has 0 saturated carbocycles. The number of hydrogen-bond acceptors (Lipinski definition) is 9. The summed E-state index contributed by atoms with van der Waals surface area (Å²) < 4.78 is 12.5. The van der Waals surface area contributed by atoms with E-state index < -0.39 is 17.0 Å². The molecule has 0 spiro atoms. The first-order valence-electron chi connectivity index (χ1n) is 12.7. The molecule has 0 aliphatic carbocycles. The van der Waals surface area contributed by atoms with Crippen molar-refractivity contribution in [3.8, 4) is 17.3 Å². The van der Waals surface area contributed by atoms with E-state index in [1.54, 1.807) is 31.1 Å². The predicted molar refractivity (Wildman–Crippen MR) is 140 cm³/mol. The maximum Gasteiger partial charge on any atom is 0.410 e. The van der Waals surface area contributed by atoms with Crippen LogP contribution in [0.2, 0.25) is 0 Å². The van der Waals surface area contributed by atoms with Crippen LogP contribution >= 0.6 is 0 Å². The van der Waals surface area contributed by atoms with Gasteiger partial charge in [-0.3, -0.25) is 9.38 Å². The van der Waals surface area contributed by atoms with Gasteiger partial charge < -0.3 is 19.7 Å². The molecule has 1 amide bonds. The monoisotopic (exact) mass is 519 g/mol. The van der Waals surface area contributed by atoms with Crippen molar-refractivity contribution in [1.29, 1.82) is 5.26 Å². The Kier molecular flexibility index (Phi) is 7.53. The summed E-state index contributed by atoms with van der Waals surface area (Å²) >= 11 is 0. The molecular formula is C27H33N7O4. The van der Waals surface area contributed by atoms with E-state index in [2.05, 4.69) is 21.4 Å². The fourth-order valence-corrected chi connectivity index (χ4v) is 4.36. The van der Waals surface area contributed by atoms with E-state index in [9.17, 15) is 14.9 Å². The van der Waals surface area contributed by atoms with Gasteiger partial charge in [-0.25, -0.2) is 19.6 Å². The maximum absolute atomic E-state index is 12.5. The lowest BCUT2D eigenvalue weighted by Crippen LogP contribution is -2.46. The summed E-state index contributed by atoms with van der Waals surface area (Å²) in [5, 5.41) is 13.5. The number of nitrogens with zero attached hydrogens (tertiary/aromatic N) is 6. The SMILES string of the molecule is CCOC(=O)c1nc2c(NCC3(C#N)CCN(C(=O)OC(C)(C)C)CC3)nc(-c3ccncc3)cn2c1C. The molecule has 4 heterocycles. The standard InChI is InChI=1S/C27H33N7O4/c1-6-37-24(35)21-18(2)34-15-20(19-7-11-29-12-8-19)31-22(23(34)32-21)30-17-27(16-28)9-13-33(14-10-27)25(36)38-26(3,4)5/h7-8,11-12,15H,6,9-10,13-14,17H2,1-5H3,(H,30,31). The van der Waals surface area contributed by atoms with Gasteiger partial charge in [-0.05, 0) is 59.6 Å². The second kappa shape index (κ2) is 10.7. The van der Waals surface area contributed by atoms with Crippen LogP contribution in [0.5, 0.6) is 0 Å². The van der Waals surface area contributed by atoms with Gasteiger partial charge in [0.25, 0.3) is 0 Å². The number of carbonyl (C=O) groups is 2. The zero-order chi connectivity index (χ0) is 27.5. The summed E-state index contributed by atoms with van der Waals surface area (Å²) in [6.45, 7) is 10.4. The molecule has 1 aliphatic heterocycles. The van der Waals surface area contributed by atoms with Gasteiger partial charge >= 0.3 is 12.1 Å². The number of nitriles is 1. The molecule has 0 aromatic carbocycles. The number of rotatable bonds is 6. The molecule has 1 saturated heterocycles. The Balaban J connectivity index is 1.62. The maximum atomic E-state index is 12.5. The van der Waals surface area contributed by atoms with Crippen molar-refractivity contribution in [3.63, 3.8) is 0 Å². The van der Waals surface area contributed by atoms with Crippen molar-refractivity contribution in [3.05, 3.63) is 42.1 Å². The van der Waals surface area contributed by atoms with E-state index in [0.717, 1.165) is 5.56 Å². The largest absolute Gasteiger partial charge is 0.461 e. The minimum Gasteiger partial charge on any atom is -0.461 e. The number of esters is 1. The third-order valence-corrected chi connectivity index (χ3v) is 6.49. The molecule has 4 rings (SSSR count). The van der Waals surface area contributed by atoms with E-state index in [-0.39, 0.29) is 18.4 Å². The molecule has 1 fully saturated rings. The minimum absolute atomic E-state index is 0.212. The Bertz CT molecular complexity index is 1360. The number of ether oxygens (including phenoxy) is 2. The van der Waals surface area contributed by atoms with Crippen LogP contribution in [0.1, 0.15) is 56.7 Å². The van der Waals surface area contributed by atoms with Crippen LogP contribution in [0, 0.1) is 23.7 Å². The van der Waals surface area contributed by atoms with Crippen molar-refractivity contribution in [2.75, 3.05) is 31.6 Å². The quantitative estimate of drug-likeness (QED) is 0.475. The third-order valence-electron chi connectivity index (χ3n) is 6.49. The normalized spacial score (nSPS) is 15.1. The third kappa shape index (κ3) is 5.69. The Morgan fingerprint density at radius 1 is 1.18 bits per heavy atom.